The van der Waals surface area contributed by atoms with Crippen LogP contribution in [0.5, 0.6) is 0 Å². The van der Waals surface area contributed by atoms with Crippen LogP contribution in [0.1, 0.15) is 152 Å². The van der Waals surface area contributed by atoms with E-state index < -0.39 is 28.9 Å². The van der Waals surface area contributed by atoms with Crippen LogP contribution in [0.25, 0.3) is 0 Å². The van der Waals surface area contributed by atoms with E-state index in [9.17, 15) is 23.9 Å². The average molecular weight is 793 g/mol. The molecule has 2 heterocycles. The second kappa shape index (κ2) is 13.9. The Kier molecular flexibility index (Phi) is 10.1. The van der Waals surface area contributed by atoms with E-state index in [4.69, 9.17) is 4.74 Å². The highest BCUT2D eigenvalue weighted by atomic mass is 19.1. The Morgan fingerprint density at radius 2 is 1.51 bits per heavy atom. The molecule has 0 aromatic rings. The van der Waals surface area contributed by atoms with Gasteiger partial charge in [-0.1, -0.05) is 62.3 Å². The van der Waals surface area contributed by atoms with E-state index in [2.05, 4.69) is 58.3 Å². The standard InChI is InChI=1S/C48H73FN2O6/c1-28(2)38-34(52)26-48(42(56)51-22-10-11-30(51)27-50-23-16-29(49)17-24-50)21-20-46(8)31(39(38)48)12-13-36-45(7)18-15-37(44(5,6)35(45)14-19-47(36,46)9)57-41(55)33-25-32(40(53)54)43(33,3)4/h28-33,35-37H,10-27H2,1-9H3,(H,53,54)/t30?,31-,32+,33-,35+,36-,37+,45+,46-,47-,48-/m1/s1. The molecule has 6 aliphatic carbocycles. The molecule has 7 fully saturated rings. The summed E-state index contributed by atoms with van der Waals surface area (Å²) in [5, 5.41) is 9.68. The number of likely N-dealkylation sites (tertiary alicyclic amines) is 2. The number of hydrogen-bond acceptors (Lipinski definition) is 6. The summed E-state index contributed by atoms with van der Waals surface area (Å²) >= 11 is 0. The average Bonchev–Trinajstić information content (AvgIpc) is 3.71. The zero-order chi connectivity index (χ0) is 41.2. The highest BCUT2D eigenvalue weighted by Gasteiger charge is 2.71. The number of Topliss-reactive ketones (excluding diaryl/α,β-unsaturated/α-hetero) is 1. The lowest BCUT2D eigenvalue weighted by atomic mass is 9.33. The summed E-state index contributed by atoms with van der Waals surface area (Å²) in [4.78, 5) is 59.6. The Morgan fingerprint density at radius 3 is 2.16 bits per heavy atom. The van der Waals surface area contributed by atoms with Gasteiger partial charge in [0.1, 0.15) is 12.3 Å². The van der Waals surface area contributed by atoms with E-state index in [0.29, 0.717) is 37.5 Å². The molecule has 5 saturated carbocycles. The molecule has 57 heavy (non-hydrogen) atoms. The normalized spacial score (nSPS) is 44.2. The summed E-state index contributed by atoms with van der Waals surface area (Å²) in [6.07, 6.45) is 10.5. The molecule has 0 bridgehead atoms. The number of amides is 1. The highest BCUT2D eigenvalue weighted by molar-refractivity contribution is 6.07. The first-order chi connectivity index (χ1) is 26.6. The molecule has 0 aromatic carbocycles. The number of rotatable bonds is 7. The number of allylic oxidation sites excluding steroid dienone is 1. The molecule has 318 valence electrons. The molecular weight excluding hydrogens is 720 g/mol. The van der Waals surface area contributed by atoms with Crippen molar-refractivity contribution in [3.8, 4) is 0 Å². The van der Waals surface area contributed by atoms with E-state index in [1.54, 1.807) is 0 Å². The molecule has 8 nitrogen and oxygen atoms in total. The smallest absolute Gasteiger partial charge is 0.309 e. The second-order valence-corrected chi connectivity index (χ2v) is 22.8. The van der Waals surface area contributed by atoms with E-state index in [1.807, 2.05) is 13.8 Å². The first-order valence-electron chi connectivity index (χ1n) is 23.0. The molecule has 8 rings (SSSR count). The van der Waals surface area contributed by atoms with Gasteiger partial charge in [0.25, 0.3) is 0 Å². The molecule has 0 spiro atoms. The van der Waals surface area contributed by atoms with Crippen molar-refractivity contribution in [3.63, 3.8) is 0 Å². The predicted molar refractivity (Wildman–Crippen MR) is 218 cm³/mol. The van der Waals surface area contributed by atoms with Crippen LogP contribution in [0.2, 0.25) is 0 Å². The Labute approximate surface area is 341 Å². The molecule has 0 aromatic heterocycles. The number of carbonyl (C=O) groups is 4. The van der Waals surface area contributed by atoms with E-state index >= 15 is 4.79 Å². The third kappa shape index (κ3) is 5.92. The Balaban J connectivity index is 1.05. The number of aliphatic carboxylic acids is 1. The van der Waals surface area contributed by atoms with Crippen LogP contribution in [-0.2, 0) is 23.9 Å². The maximum absolute atomic E-state index is 15.3. The molecule has 0 radical (unpaired) electrons. The number of carboxylic acids is 1. The van der Waals surface area contributed by atoms with Crippen LogP contribution in [0.3, 0.4) is 0 Å². The van der Waals surface area contributed by atoms with Crippen LogP contribution in [-0.4, -0.2) is 83.0 Å². The number of piperidine rings is 1. The number of halogens is 1. The first-order valence-corrected chi connectivity index (χ1v) is 23.0. The number of alkyl halides is 1. The van der Waals surface area contributed by atoms with Gasteiger partial charge >= 0.3 is 11.9 Å². The SMILES string of the molecule is CC(C)C1=C2[C@H]3CC[C@@H]4[C@@]5(C)CC[C@H](OC(=O)[C@H]6C[C@@H](C(=O)O)C6(C)C)C(C)(C)[C@@H]5CC[C@@]4(C)[C@]3(C)CC[C@@]2(C(=O)N2CCCC2CN2CCC(F)CC2)CC1=O. The van der Waals surface area contributed by atoms with Crippen LogP contribution >= 0.6 is 0 Å². The summed E-state index contributed by atoms with van der Waals surface area (Å²) < 4.78 is 20.5. The Bertz CT molecular complexity index is 1710. The minimum Gasteiger partial charge on any atom is -0.481 e. The van der Waals surface area contributed by atoms with Gasteiger partial charge in [-0.3, -0.25) is 19.2 Å². The first kappa shape index (κ1) is 41.4. The lowest BCUT2D eigenvalue weighted by molar-refractivity contribution is -0.236. The van der Waals surface area contributed by atoms with Gasteiger partial charge in [-0.05, 0) is 140 Å². The van der Waals surface area contributed by atoms with Crippen molar-refractivity contribution in [2.24, 2.45) is 68.0 Å². The van der Waals surface area contributed by atoms with Crippen LogP contribution in [0.4, 0.5) is 4.39 Å². The van der Waals surface area contributed by atoms with Gasteiger partial charge in [-0.15, -0.1) is 0 Å². The molecule has 9 heteroatoms. The minimum absolute atomic E-state index is 0.0250. The van der Waals surface area contributed by atoms with Gasteiger partial charge in [-0.2, -0.15) is 0 Å². The van der Waals surface area contributed by atoms with Crippen LogP contribution in [0.15, 0.2) is 11.1 Å². The fraction of sp³-hybridized carbons (Fsp3) is 0.875. The maximum Gasteiger partial charge on any atom is 0.309 e. The molecule has 1 N–H and O–H groups in total. The van der Waals surface area contributed by atoms with Gasteiger partial charge < -0.3 is 19.6 Å². The molecule has 1 unspecified atom stereocenters. The zero-order valence-electron chi connectivity index (χ0n) is 36.7. The van der Waals surface area contributed by atoms with Crippen LogP contribution < -0.4 is 0 Å². The van der Waals surface area contributed by atoms with Gasteiger partial charge in [-0.25, -0.2) is 4.39 Å². The highest BCUT2D eigenvalue weighted by Crippen LogP contribution is 2.77. The Hall–Kier alpha value is -2.29. The minimum atomic E-state index is -0.833. The maximum atomic E-state index is 15.3. The second-order valence-electron chi connectivity index (χ2n) is 22.8. The molecule has 11 atom stereocenters. The van der Waals surface area contributed by atoms with Crippen molar-refractivity contribution >= 4 is 23.6 Å². The third-order valence-electron chi connectivity index (χ3n) is 19.5. The van der Waals surface area contributed by atoms with E-state index in [1.165, 1.54) is 5.57 Å². The van der Waals surface area contributed by atoms with E-state index in [-0.39, 0.29) is 69.2 Å². The van der Waals surface area contributed by atoms with Gasteiger partial charge in [0.05, 0.1) is 17.3 Å². The number of carbonyl (C=O) groups excluding carboxylic acids is 3. The lowest BCUT2D eigenvalue weighted by Crippen LogP contribution is -2.66. The topological polar surface area (TPSA) is 104 Å². The van der Waals surface area contributed by atoms with Crippen molar-refractivity contribution in [3.05, 3.63) is 11.1 Å². The number of hydrogen-bond donors (Lipinski definition) is 1. The summed E-state index contributed by atoms with van der Waals surface area (Å²) in [6, 6.07) is 0.124. The van der Waals surface area contributed by atoms with Crippen LogP contribution in [0, 0.1) is 68.0 Å². The van der Waals surface area contributed by atoms with Crippen molar-refractivity contribution in [1.29, 1.82) is 0 Å². The lowest BCUT2D eigenvalue weighted by Gasteiger charge is -2.72. The molecule has 1 amide bonds. The Morgan fingerprint density at radius 1 is 0.807 bits per heavy atom. The number of ketones is 1. The number of carboxylic acid groups (broad SMARTS) is 1. The number of esters is 1. The molecule has 8 aliphatic rings. The summed E-state index contributed by atoms with van der Waals surface area (Å²) in [7, 11) is 0. The van der Waals surface area contributed by atoms with Crippen molar-refractivity contribution in [2.75, 3.05) is 26.2 Å². The van der Waals surface area contributed by atoms with E-state index in [0.717, 1.165) is 96.0 Å². The zero-order valence-corrected chi connectivity index (χ0v) is 36.7. The van der Waals surface area contributed by atoms with Gasteiger partial charge in [0, 0.05) is 44.1 Å². The van der Waals surface area contributed by atoms with Gasteiger partial charge in [0.2, 0.25) is 5.91 Å². The summed E-state index contributed by atoms with van der Waals surface area (Å²) in [5.74, 6) is -0.457. The van der Waals surface area contributed by atoms with Crippen molar-refractivity contribution in [1.82, 2.24) is 9.80 Å². The number of ether oxygens (including phenoxy) is 1. The monoisotopic (exact) mass is 793 g/mol. The van der Waals surface area contributed by atoms with Crippen molar-refractivity contribution in [2.45, 2.75) is 171 Å². The summed E-state index contributed by atoms with van der Waals surface area (Å²) in [6.45, 7) is 23.4. The number of nitrogens with zero attached hydrogens (tertiary/aromatic N) is 2. The fourth-order valence-corrected chi connectivity index (χ4v) is 16.0. The molecule has 2 saturated heterocycles. The molecule has 2 aliphatic heterocycles. The molecular formula is C48H73FN2O6. The third-order valence-corrected chi connectivity index (χ3v) is 19.5. The number of fused-ring (bicyclic) bond motifs is 7. The largest absolute Gasteiger partial charge is 0.481 e. The predicted octanol–water partition coefficient (Wildman–Crippen LogP) is 9.05. The van der Waals surface area contributed by atoms with Gasteiger partial charge in [0.15, 0.2) is 5.78 Å². The fourth-order valence-electron chi connectivity index (χ4n) is 16.0. The summed E-state index contributed by atoms with van der Waals surface area (Å²) in [5.41, 5.74) is 0.613. The quantitative estimate of drug-likeness (QED) is 0.257. The van der Waals surface area contributed by atoms with Crippen molar-refractivity contribution < 1.29 is 33.4 Å².